The molecule has 106 valence electrons. The molecule has 1 N–H and O–H groups in total. The van der Waals surface area contributed by atoms with Crippen molar-refractivity contribution in [3.63, 3.8) is 0 Å². The lowest BCUT2D eigenvalue weighted by Crippen LogP contribution is -2.35. The first-order valence-corrected chi connectivity index (χ1v) is 6.40. The molecule has 0 aromatic carbocycles. The molecule has 1 unspecified atom stereocenters. The van der Waals surface area contributed by atoms with Gasteiger partial charge in [0.2, 0.25) is 11.7 Å². The van der Waals surface area contributed by atoms with Crippen LogP contribution in [-0.2, 0) is 11.2 Å². The summed E-state index contributed by atoms with van der Waals surface area (Å²) in [6, 6.07) is 3.54. The van der Waals surface area contributed by atoms with Crippen molar-refractivity contribution in [2.45, 2.75) is 27.2 Å². The predicted octanol–water partition coefficient (Wildman–Crippen LogP) is 2.42. The van der Waals surface area contributed by atoms with Gasteiger partial charge in [-0.15, -0.1) is 0 Å². The first-order chi connectivity index (χ1) is 9.43. The zero-order valence-corrected chi connectivity index (χ0v) is 11.7. The minimum atomic E-state index is -0.929. The number of carboxylic acids is 1. The van der Waals surface area contributed by atoms with Crippen molar-refractivity contribution in [2.75, 3.05) is 0 Å². The summed E-state index contributed by atoms with van der Waals surface area (Å²) in [5, 5.41) is 13.3. The molecule has 0 aliphatic rings. The fourth-order valence-corrected chi connectivity index (χ4v) is 1.79. The predicted molar refractivity (Wildman–Crippen MR) is 71.8 cm³/mol. The van der Waals surface area contributed by atoms with Gasteiger partial charge in [-0.1, -0.05) is 19.0 Å². The SMILES string of the molecule is CC(C)C(C)(Cc1nc(-c2ccncc2)no1)C(=O)O. The first kappa shape index (κ1) is 14.2. The van der Waals surface area contributed by atoms with E-state index < -0.39 is 11.4 Å². The smallest absolute Gasteiger partial charge is 0.310 e. The van der Waals surface area contributed by atoms with Crippen LogP contribution in [0.5, 0.6) is 0 Å². The Morgan fingerprint density at radius 2 is 2.05 bits per heavy atom. The fourth-order valence-electron chi connectivity index (χ4n) is 1.79. The zero-order valence-electron chi connectivity index (χ0n) is 11.7. The van der Waals surface area contributed by atoms with E-state index in [9.17, 15) is 9.90 Å². The highest BCUT2D eigenvalue weighted by Crippen LogP contribution is 2.31. The molecule has 0 saturated heterocycles. The normalized spacial score (nSPS) is 14.2. The zero-order chi connectivity index (χ0) is 14.8. The Kier molecular flexibility index (Phi) is 3.83. The van der Waals surface area contributed by atoms with Crippen molar-refractivity contribution in [3.05, 3.63) is 30.4 Å². The van der Waals surface area contributed by atoms with Gasteiger partial charge in [-0.3, -0.25) is 9.78 Å². The molecule has 0 aliphatic carbocycles. The standard InChI is InChI=1S/C14H17N3O3/c1-9(2)14(3,13(18)19)8-11-16-12(17-20-11)10-4-6-15-7-5-10/h4-7,9H,8H2,1-3H3,(H,18,19). The number of carboxylic acid groups (broad SMARTS) is 1. The van der Waals surface area contributed by atoms with Gasteiger partial charge in [0, 0.05) is 24.4 Å². The summed E-state index contributed by atoms with van der Waals surface area (Å²) >= 11 is 0. The molecule has 0 bridgehead atoms. The fraction of sp³-hybridized carbons (Fsp3) is 0.429. The van der Waals surface area contributed by atoms with E-state index in [2.05, 4.69) is 15.1 Å². The molecule has 6 heteroatoms. The van der Waals surface area contributed by atoms with Gasteiger partial charge in [0.25, 0.3) is 0 Å². The summed E-state index contributed by atoms with van der Waals surface area (Å²) in [6.45, 7) is 5.43. The maximum atomic E-state index is 11.4. The Hall–Kier alpha value is -2.24. The van der Waals surface area contributed by atoms with Crippen LogP contribution in [0.25, 0.3) is 11.4 Å². The molecular weight excluding hydrogens is 258 g/mol. The summed E-state index contributed by atoms with van der Waals surface area (Å²) in [5.41, 5.74) is -0.140. The van der Waals surface area contributed by atoms with E-state index in [1.54, 1.807) is 31.5 Å². The van der Waals surface area contributed by atoms with Crippen LogP contribution in [0.1, 0.15) is 26.7 Å². The van der Waals surface area contributed by atoms with Crippen LogP contribution in [-0.4, -0.2) is 26.2 Å². The lowest BCUT2D eigenvalue weighted by molar-refractivity contribution is -0.150. The number of rotatable bonds is 5. The monoisotopic (exact) mass is 275 g/mol. The summed E-state index contributed by atoms with van der Waals surface area (Å²) in [4.78, 5) is 19.6. The van der Waals surface area contributed by atoms with Crippen LogP contribution in [0.15, 0.2) is 29.0 Å². The largest absolute Gasteiger partial charge is 0.481 e. The average molecular weight is 275 g/mol. The topological polar surface area (TPSA) is 89.1 Å². The molecule has 2 rings (SSSR count). The van der Waals surface area contributed by atoms with Crippen molar-refractivity contribution >= 4 is 5.97 Å². The average Bonchev–Trinajstić information content (AvgIpc) is 2.87. The molecule has 2 heterocycles. The summed E-state index contributed by atoms with van der Waals surface area (Å²) in [5.74, 6) is -0.137. The van der Waals surface area contributed by atoms with Crippen molar-refractivity contribution < 1.29 is 14.4 Å². The van der Waals surface area contributed by atoms with Gasteiger partial charge < -0.3 is 9.63 Å². The van der Waals surface area contributed by atoms with Gasteiger partial charge in [-0.2, -0.15) is 4.98 Å². The quantitative estimate of drug-likeness (QED) is 0.901. The Balaban J connectivity index is 2.24. The minimum Gasteiger partial charge on any atom is -0.481 e. The number of hydrogen-bond acceptors (Lipinski definition) is 5. The molecule has 20 heavy (non-hydrogen) atoms. The molecule has 0 fully saturated rings. The highest BCUT2D eigenvalue weighted by Gasteiger charge is 2.38. The third-order valence-electron chi connectivity index (χ3n) is 3.69. The summed E-state index contributed by atoms with van der Waals surface area (Å²) < 4.78 is 5.17. The second-order valence-corrected chi connectivity index (χ2v) is 5.30. The third kappa shape index (κ3) is 2.68. The highest BCUT2D eigenvalue weighted by molar-refractivity contribution is 5.74. The first-order valence-electron chi connectivity index (χ1n) is 6.40. The number of aliphatic carboxylic acids is 1. The van der Waals surface area contributed by atoms with Crippen molar-refractivity contribution in [2.24, 2.45) is 11.3 Å². The molecule has 2 aromatic heterocycles. The molecule has 1 atom stereocenters. The second-order valence-electron chi connectivity index (χ2n) is 5.30. The van der Waals surface area contributed by atoms with Crippen molar-refractivity contribution in [1.29, 1.82) is 0 Å². The lowest BCUT2D eigenvalue weighted by atomic mass is 9.76. The maximum Gasteiger partial charge on any atom is 0.310 e. The molecule has 0 amide bonds. The van der Waals surface area contributed by atoms with E-state index in [1.807, 2.05) is 13.8 Å². The number of nitrogens with zero attached hydrogens (tertiary/aromatic N) is 3. The minimum absolute atomic E-state index is 0.0451. The highest BCUT2D eigenvalue weighted by atomic mass is 16.5. The number of pyridine rings is 1. The van der Waals surface area contributed by atoms with Crippen LogP contribution in [0.3, 0.4) is 0 Å². The van der Waals surface area contributed by atoms with Crippen LogP contribution in [0.2, 0.25) is 0 Å². The van der Waals surface area contributed by atoms with Gasteiger partial charge in [0.15, 0.2) is 0 Å². The molecule has 0 saturated carbocycles. The molecule has 0 aliphatic heterocycles. The molecular formula is C14H17N3O3. The van der Waals surface area contributed by atoms with E-state index in [0.29, 0.717) is 11.7 Å². The van der Waals surface area contributed by atoms with Crippen LogP contribution in [0.4, 0.5) is 0 Å². The molecule has 0 spiro atoms. The Morgan fingerprint density at radius 3 is 2.60 bits per heavy atom. The van der Waals surface area contributed by atoms with Crippen LogP contribution < -0.4 is 0 Å². The number of aromatic nitrogens is 3. The van der Waals surface area contributed by atoms with Crippen LogP contribution in [0, 0.1) is 11.3 Å². The van der Waals surface area contributed by atoms with Crippen molar-refractivity contribution in [1.82, 2.24) is 15.1 Å². The van der Waals surface area contributed by atoms with Gasteiger partial charge >= 0.3 is 5.97 Å². The summed E-state index contributed by atoms with van der Waals surface area (Å²) in [7, 11) is 0. The Bertz CT molecular complexity index is 595. The Labute approximate surface area is 116 Å². The number of carbonyl (C=O) groups is 1. The number of hydrogen-bond donors (Lipinski definition) is 1. The molecule has 6 nitrogen and oxygen atoms in total. The van der Waals surface area contributed by atoms with Crippen LogP contribution >= 0.6 is 0 Å². The molecule has 0 radical (unpaired) electrons. The maximum absolute atomic E-state index is 11.4. The van der Waals surface area contributed by atoms with Gasteiger partial charge in [-0.05, 0) is 25.0 Å². The van der Waals surface area contributed by atoms with Gasteiger partial charge in [0.05, 0.1) is 5.41 Å². The second kappa shape index (κ2) is 5.40. The van der Waals surface area contributed by atoms with E-state index in [0.717, 1.165) is 5.56 Å². The van der Waals surface area contributed by atoms with E-state index in [1.165, 1.54) is 0 Å². The third-order valence-corrected chi connectivity index (χ3v) is 3.69. The van der Waals surface area contributed by atoms with E-state index in [4.69, 9.17) is 4.52 Å². The lowest BCUT2D eigenvalue weighted by Gasteiger charge is -2.27. The van der Waals surface area contributed by atoms with Crippen molar-refractivity contribution in [3.8, 4) is 11.4 Å². The molecule has 2 aromatic rings. The van der Waals surface area contributed by atoms with E-state index in [-0.39, 0.29) is 12.3 Å². The van der Waals surface area contributed by atoms with Gasteiger partial charge in [-0.25, -0.2) is 0 Å². The van der Waals surface area contributed by atoms with Gasteiger partial charge in [0.1, 0.15) is 0 Å². The summed E-state index contributed by atoms with van der Waals surface area (Å²) in [6.07, 6.45) is 3.49. The van der Waals surface area contributed by atoms with E-state index >= 15 is 0 Å². The Morgan fingerprint density at radius 1 is 1.40 bits per heavy atom.